The third kappa shape index (κ3) is 5.55. The summed E-state index contributed by atoms with van der Waals surface area (Å²) in [4.78, 5) is 14.9. The molecule has 0 heterocycles. The number of carbonyl (C=O) groups is 1. The number of aryl methyl sites for hydroxylation is 3. The van der Waals surface area contributed by atoms with Crippen LogP contribution in [-0.2, 0) is 14.8 Å². The van der Waals surface area contributed by atoms with Gasteiger partial charge < -0.3 is 5.32 Å². The monoisotopic (exact) mass is 454 g/mol. The Labute approximate surface area is 188 Å². The maximum atomic E-state index is 13.1. The third-order valence-electron chi connectivity index (χ3n) is 4.77. The minimum atomic E-state index is -3.80. The summed E-state index contributed by atoms with van der Waals surface area (Å²) in [5, 5.41) is 2.86. The molecule has 3 rings (SSSR count). The first-order valence-electron chi connectivity index (χ1n) is 9.84. The SMILES string of the molecule is Cc1cc(C)c(S(=O)(=O)N(C)CC(=O)Nc2ccccc2Sc2ccccc2)c(C)c1. The molecule has 0 radical (unpaired) electrons. The van der Waals surface area contributed by atoms with E-state index in [-0.39, 0.29) is 11.4 Å². The number of nitrogens with zero attached hydrogens (tertiary/aromatic N) is 1. The molecule has 0 unspecified atom stereocenters. The quantitative estimate of drug-likeness (QED) is 0.544. The van der Waals surface area contributed by atoms with Crippen LogP contribution in [0.4, 0.5) is 5.69 Å². The normalized spacial score (nSPS) is 11.5. The predicted molar refractivity (Wildman–Crippen MR) is 126 cm³/mol. The summed E-state index contributed by atoms with van der Waals surface area (Å²) in [6.07, 6.45) is 0. The van der Waals surface area contributed by atoms with Crippen molar-refractivity contribution in [3.8, 4) is 0 Å². The molecular weight excluding hydrogens is 428 g/mol. The molecule has 0 aromatic heterocycles. The van der Waals surface area contributed by atoms with E-state index in [0.717, 1.165) is 19.7 Å². The van der Waals surface area contributed by atoms with Crippen LogP contribution in [0.2, 0.25) is 0 Å². The van der Waals surface area contributed by atoms with E-state index in [9.17, 15) is 13.2 Å². The molecule has 3 aromatic carbocycles. The topological polar surface area (TPSA) is 66.5 Å². The average Bonchev–Trinajstić information content (AvgIpc) is 2.69. The highest BCUT2D eigenvalue weighted by atomic mass is 32.2. The zero-order valence-electron chi connectivity index (χ0n) is 18.0. The highest BCUT2D eigenvalue weighted by Crippen LogP contribution is 2.33. The van der Waals surface area contributed by atoms with Gasteiger partial charge in [0.2, 0.25) is 15.9 Å². The fourth-order valence-corrected chi connectivity index (χ4v) is 5.93. The number of likely N-dealkylation sites (N-methyl/N-ethyl adjacent to an activating group) is 1. The van der Waals surface area contributed by atoms with Gasteiger partial charge in [0.05, 0.1) is 17.1 Å². The molecule has 0 fully saturated rings. The largest absolute Gasteiger partial charge is 0.324 e. The number of hydrogen-bond donors (Lipinski definition) is 1. The second-order valence-electron chi connectivity index (χ2n) is 7.45. The van der Waals surface area contributed by atoms with Gasteiger partial charge in [0, 0.05) is 16.8 Å². The van der Waals surface area contributed by atoms with Crippen molar-refractivity contribution in [2.75, 3.05) is 18.9 Å². The van der Waals surface area contributed by atoms with E-state index in [2.05, 4.69) is 5.32 Å². The van der Waals surface area contributed by atoms with Crippen LogP contribution >= 0.6 is 11.8 Å². The number of benzene rings is 3. The number of carbonyl (C=O) groups excluding carboxylic acids is 1. The summed E-state index contributed by atoms with van der Waals surface area (Å²) in [7, 11) is -2.37. The second-order valence-corrected chi connectivity index (χ2v) is 10.5. The Morgan fingerprint density at radius 1 is 0.935 bits per heavy atom. The predicted octanol–water partition coefficient (Wildman–Crippen LogP) is 5.02. The molecule has 7 heteroatoms. The van der Waals surface area contributed by atoms with Gasteiger partial charge in [-0.25, -0.2) is 8.42 Å². The molecule has 5 nitrogen and oxygen atoms in total. The summed E-state index contributed by atoms with van der Waals surface area (Å²) in [6.45, 7) is 5.20. The van der Waals surface area contributed by atoms with Gasteiger partial charge in [-0.1, -0.05) is 59.8 Å². The molecule has 0 bridgehead atoms. The smallest absolute Gasteiger partial charge is 0.243 e. The lowest BCUT2D eigenvalue weighted by Gasteiger charge is -2.20. The van der Waals surface area contributed by atoms with Gasteiger partial charge >= 0.3 is 0 Å². The number of nitrogens with one attached hydrogen (secondary N) is 1. The second kappa shape index (κ2) is 9.68. The molecule has 0 aliphatic heterocycles. The van der Waals surface area contributed by atoms with Gasteiger partial charge in [0.25, 0.3) is 0 Å². The van der Waals surface area contributed by atoms with E-state index < -0.39 is 15.9 Å². The van der Waals surface area contributed by atoms with Gasteiger partial charge in [-0.3, -0.25) is 4.79 Å². The molecule has 162 valence electrons. The molecule has 3 aromatic rings. The summed E-state index contributed by atoms with van der Waals surface area (Å²) in [6, 6.07) is 21.0. The molecular formula is C24H26N2O3S2. The van der Waals surface area contributed by atoms with E-state index >= 15 is 0 Å². The average molecular weight is 455 g/mol. The molecule has 0 aliphatic carbocycles. The first-order valence-corrected chi connectivity index (χ1v) is 12.1. The van der Waals surface area contributed by atoms with Gasteiger partial charge in [0.15, 0.2) is 0 Å². The Hall–Kier alpha value is -2.61. The van der Waals surface area contributed by atoms with Crippen LogP contribution in [0.15, 0.2) is 81.4 Å². The van der Waals surface area contributed by atoms with Crippen molar-refractivity contribution in [3.63, 3.8) is 0 Å². The lowest BCUT2D eigenvalue weighted by atomic mass is 10.1. The highest BCUT2D eigenvalue weighted by Gasteiger charge is 2.26. The fourth-order valence-electron chi connectivity index (χ4n) is 3.48. The molecule has 0 spiro atoms. The van der Waals surface area contributed by atoms with Crippen molar-refractivity contribution in [2.24, 2.45) is 0 Å². The van der Waals surface area contributed by atoms with Gasteiger partial charge in [-0.15, -0.1) is 0 Å². The fraction of sp³-hybridized carbons (Fsp3) is 0.208. The van der Waals surface area contributed by atoms with Crippen LogP contribution in [0.3, 0.4) is 0 Å². The van der Waals surface area contributed by atoms with Crippen LogP contribution in [0.25, 0.3) is 0 Å². The Balaban J connectivity index is 1.76. The zero-order valence-corrected chi connectivity index (χ0v) is 19.7. The van der Waals surface area contributed by atoms with Gasteiger partial charge in [-0.2, -0.15) is 4.31 Å². The molecule has 0 atom stereocenters. The van der Waals surface area contributed by atoms with Crippen molar-refractivity contribution in [3.05, 3.63) is 83.4 Å². The molecule has 0 aliphatic rings. The number of rotatable bonds is 7. The Morgan fingerprint density at radius 2 is 1.52 bits per heavy atom. The molecule has 0 saturated carbocycles. The molecule has 0 saturated heterocycles. The number of para-hydroxylation sites is 1. The van der Waals surface area contributed by atoms with E-state index in [4.69, 9.17) is 0 Å². The van der Waals surface area contributed by atoms with Crippen molar-refractivity contribution in [1.82, 2.24) is 4.31 Å². The number of amides is 1. The summed E-state index contributed by atoms with van der Waals surface area (Å²) in [5.74, 6) is -0.394. The first-order chi connectivity index (χ1) is 14.7. The van der Waals surface area contributed by atoms with Crippen molar-refractivity contribution in [1.29, 1.82) is 0 Å². The van der Waals surface area contributed by atoms with E-state index in [1.165, 1.54) is 18.8 Å². The number of sulfonamides is 1. The first kappa shape index (κ1) is 23.1. The standard InChI is InChI=1S/C24H26N2O3S2/c1-17-14-18(2)24(19(3)15-17)31(28,29)26(4)16-23(27)25-21-12-8-9-13-22(21)30-20-10-6-5-7-11-20/h5-15H,16H2,1-4H3,(H,25,27). The Morgan fingerprint density at radius 3 is 2.16 bits per heavy atom. The summed E-state index contributed by atoms with van der Waals surface area (Å²) < 4.78 is 27.3. The summed E-state index contributed by atoms with van der Waals surface area (Å²) in [5.41, 5.74) is 3.00. The van der Waals surface area contributed by atoms with Crippen LogP contribution < -0.4 is 5.32 Å². The molecule has 1 N–H and O–H groups in total. The third-order valence-corrected chi connectivity index (χ3v) is 7.96. The van der Waals surface area contributed by atoms with E-state index in [0.29, 0.717) is 16.8 Å². The zero-order chi connectivity index (χ0) is 22.6. The Bertz CT molecular complexity index is 1170. The molecule has 31 heavy (non-hydrogen) atoms. The van der Waals surface area contributed by atoms with Crippen LogP contribution in [-0.4, -0.2) is 32.2 Å². The Kier molecular flexibility index (Phi) is 7.20. The maximum Gasteiger partial charge on any atom is 0.243 e. The lowest BCUT2D eigenvalue weighted by molar-refractivity contribution is -0.116. The van der Waals surface area contributed by atoms with Crippen molar-refractivity contribution < 1.29 is 13.2 Å². The van der Waals surface area contributed by atoms with Crippen molar-refractivity contribution in [2.45, 2.75) is 35.5 Å². The highest BCUT2D eigenvalue weighted by molar-refractivity contribution is 7.99. The molecule has 1 amide bonds. The van der Waals surface area contributed by atoms with E-state index in [1.54, 1.807) is 13.8 Å². The summed E-state index contributed by atoms with van der Waals surface area (Å²) >= 11 is 1.54. The minimum Gasteiger partial charge on any atom is -0.324 e. The van der Waals surface area contributed by atoms with Crippen LogP contribution in [0, 0.1) is 20.8 Å². The van der Waals surface area contributed by atoms with E-state index in [1.807, 2.05) is 73.7 Å². The maximum absolute atomic E-state index is 13.1. The van der Waals surface area contributed by atoms with Crippen molar-refractivity contribution >= 4 is 33.4 Å². The van der Waals surface area contributed by atoms with Gasteiger partial charge in [0.1, 0.15) is 0 Å². The van der Waals surface area contributed by atoms with Gasteiger partial charge in [-0.05, 0) is 56.2 Å². The van der Waals surface area contributed by atoms with Crippen LogP contribution in [0.5, 0.6) is 0 Å². The minimum absolute atomic E-state index is 0.258. The number of anilines is 1. The number of hydrogen-bond acceptors (Lipinski definition) is 4. The lowest BCUT2D eigenvalue weighted by Crippen LogP contribution is -2.35. The van der Waals surface area contributed by atoms with Crippen LogP contribution in [0.1, 0.15) is 16.7 Å².